The number of hydrogen-bond acceptors (Lipinski definition) is 4. The summed E-state index contributed by atoms with van der Waals surface area (Å²) in [6, 6.07) is 6.81. The molecule has 1 aromatic carbocycles. The molecule has 1 fully saturated rings. The lowest BCUT2D eigenvalue weighted by Gasteiger charge is -2.00. The first-order valence-electron chi connectivity index (χ1n) is 5.63. The minimum atomic E-state index is -0.212. The molecule has 0 radical (unpaired) electrons. The second kappa shape index (κ2) is 4.66. The fraction of sp³-hybridized carbons (Fsp3) is 0.250. The number of nitrogens with one attached hydrogen (secondary N) is 1. The van der Waals surface area contributed by atoms with Crippen molar-refractivity contribution in [2.24, 2.45) is 0 Å². The predicted molar refractivity (Wildman–Crippen MR) is 71.3 cm³/mol. The normalized spacial score (nSPS) is 14.5. The van der Waals surface area contributed by atoms with Crippen LogP contribution >= 0.6 is 22.9 Å². The van der Waals surface area contributed by atoms with Gasteiger partial charge in [-0.2, -0.15) is 0 Å². The first-order chi connectivity index (χ1) is 8.72. The van der Waals surface area contributed by atoms with E-state index in [1.807, 2.05) is 0 Å². The zero-order chi connectivity index (χ0) is 12.5. The number of aromatic nitrogens is 2. The second-order valence-corrected chi connectivity index (χ2v) is 5.63. The number of hydrogen-bond donors (Lipinski definition) is 1. The Kier molecular flexibility index (Phi) is 3.01. The Hall–Kier alpha value is -1.46. The summed E-state index contributed by atoms with van der Waals surface area (Å²) in [5.74, 6) is 0.343. The van der Waals surface area contributed by atoms with Gasteiger partial charge in [-0.15, -0.1) is 10.2 Å². The third-order valence-electron chi connectivity index (χ3n) is 2.67. The van der Waals surface area contributed by atoms with Crippen molar-refractivity contribution < 1.29 is 4.79 Å². The lowest BCUT2D eigenvalue weighted by atomic mass is 10.2. The molecule has 0 aliphatic heterocycles. The standard InChI is InChI=1S/C12H10ClN3OS/c13-9-3-1-2-8(6-9)10(17)14-12-16-15-11(18-12)7-4-5-7/h1-3,6-7H,4-5H2,(H,14,16,17). The van der Waals surface area contributed by atoms with E-state index in [1.165, 1.54) is 24.2 Å². The molecule has 1 aliphatic rings. The molecule has 92 valence electrons. The van der Waals surface area contributed by atoms with Crippen LogP contribution in [0.2, 0.25) is 5.02 Å². The number of nitrogens with zero attached hydrogens (tertiary/aromatic N) is 2. The second-order valence-electron chi connectivity index (χ2n) is 4.18. The largest absolute Gasteiger partial charge is 0.296 e. The Morgan fingerprint density at radius 3 is 2.94 bits per heavy atom. The highest BCUT2D eigenvalue weighted by Crippen LogP contribution is 2.42. The summed E-state index contributed by atoms with van der Waals surface area (Å²) < 4.78 is 0. The molecule has 4 nitrogen and oxygen atoms in total. The van der Waals surface area contributed by atoms with Crippen LogP contribution in [0.15, 0.2) is 24.3 Å². The number of rotatable bonds is 3. The molecule has 3 rings (SSSR count). The van der Waals surface area contributed by atoms with Gasteiger partial charge in [-0.3, -0.25) is 10.1 Å². The van der Waals surface area contributed by atoms with Gasteiger partial charge in [0.1, 0.15) is 5.01 Å². The summed E-state index contributed by atoms with van der Waals surface area (Å²) in [5, 5.41) is 12.9. The maximum atomic E-state index is 11.9. The van der Waals surface area contributed by atoms with E-state index in [-0.39, 0.29) is 5.91 Å². The van der Waals surface area contributed by atoms with Crippen LogP contribution < -0.4 is 5.32 Å². The first-order valence-corrected chi connectivity index (χ1v) is 6.82. The van der Waals surface area contributed by atoms with Crippen LogP contribution in [-0.4, -0.2) is 16.1 Å². The number of halogens is 1. The van der Waals surface area contributed by atoms with E-state index >= 15 is 0 Å². The number of anilines is 1. The van der Waals surface area contributed by atoms with Crippen LogP contribution in [0.3, 0.4) is 0 Å². The van der Waals surface area contributed by atoms with Gasteiger partial charge in [-0.05, 0) is 31.0 Å². The van der Waals surface area contributed by atoms with Crippen LogP contribution in [0.25, 0.3) is 0 Å². The fourth-order valence-corrected chi connectivity index (χ4v) is 2.68. The molecule has 1 heterocycles. The third kappa shape index (κ3) is 2.52. The van der Waals surface area contributed by atoms with Gasteiger partial charge in [-0.1, -0.05) is 29.0 Å². The van der Waals surface area contributed by atoms with E-state index < -0.39 is 0 Å². The van der Waals surface area contributed by atoms with Crippen molar-refractivity contribution in [1.82, 2.24) is 10.2 Å². The zero-order valence-corrected chi connectivity index (χ0v) is 11.0. The van der Waals surface area contributed by atoms with E-state index in [9.17, 15) is 4.79 Å². The van der Waals surface area contributed by atoms with E-state index in [0.717, 1.165) is 5.01 Å². The van der Waals surface area contributed by atoms with Gasteiger partial charge in [0.25, 0.3) is 5.91 Å². The predicted octanol–water partition coefficient (Wildman–Crippen LogP) is 3.32. The maximum absolute atomic E-state index is 11.9. The Morgan fingerprint density at radius 1 is 1.39 bits per heavy atom. The number of benzene rings is 1. The first kappa shape index (κ1) is 11.6. The molecule has 0 spiro atoms. The molecule has 0 unspecified atom stereocenters. The van der Waals surface area contributed by atoms with E-state index in [0.29, 0.717) is 21.6 Å². The Morgan fingerprint density at radius 2 is 2.22 bits per heavy atom. The molecular weight excluding hydrogens is 270 g/mol. The molecule has 0 saturated heterocycles. The highest BCUT2D eigenvalue weighted by molar-refractivity contribution is 7.15. The van der Waals surface area contributed by atoms with Gasteiger partial charge in [0, 0.05) is 16.5 Å². The van der Waals surface area contributed by atoms with Gasteiger partial charge < -0.3 is 0 Å². The fourth-order valence-electron chi connectivity index (χ4n) is 1.58. The summed E-state index contributed by atoms with van der Waals surface area (Å²) in [4.78, 5) is 11.9. The highest BCUT2D eigenvalue weighted by atomic mass is 35.5. The van der Waals surface area contributed by atoms with Gasteiger partial charge in [0.05, 0.1) is 0 Å². The molecule has 1 saturated carbocycles. The minimum absolute atomic E-state index is 0.212. The summed E-state index contributed by atoms with van der Waals surface area (Å²) in [5.41, 5.74) is 0.519. The van der Waals surface area contributed by atoms with Crippen molar-refractivity contribution in [3.63, 3.8) is 0 Å². The van der Waals surface area contributed by atoms with Crippen molar-refractivity contribution in [2.45, 2.75) is 18.8 Å². The van der Waals surface area contributed by atoms with Crippen LogP contribution in [-0.2, 0) is 0 Å². The molecule has 1 amide bonds. The average Bonchev–Trinajstić information content (AvgIpc) is 3.11. The monoisotopic (exact) mass is 279 g/mol. The third-order valence-corrected chi connectivity index (χ3v) is 3.91. The summed E-state index contributed by atoms with van der Waals surface area (Å²) in [6.45, 7) is 0. The molecule has 1 aliphatic carbocycles. The molecule has 2 aromatic rings. The average molecular weight is 280 g/mol. The van der Waals surface area contributed by atoms with Gasteiger partial charge in [0.2, 0.25) is 5.13 Å². The minimum Gasteiger partial charge on any atom is -0.296 e. The molecule has 1 N–H and O–H groups in total. The topological polar surface area (TPSA) is 54.9 Å². The number of carbonyl (C=O) groups is 1. The van der Waals surface area contributed by atoms with Crippen molar-refractivity contribution >= 4 is 34.0 Å². The van der Waals surface area contributed by atoms with Crippen molar-refractivity contribution in [3.8, 4) is 0 Å². The summed E-state index contributed by atoms with van der Waals surface area (Å²) >= 11 is 7.28. The Balaban J connectivity index is 1.73. The Bertz CT molecular complexity index is 595. The van der Waals surface area contributed by atoms with Crippen LogP contribution in [0.1, 0.15) is 34.1 Å². The van der Waals surface area contributed by atoms with Crippen LogP contribution in [0.5, 0.6) is 0 Å². The molecule has 0 atom stereocenters. The van der Waals surface area contributed by atoms with Gasteiger partial charge in [0.15, 0.2) is 0 Å². The zero-order valence-electron chi connectivity index (χ0n) is 9.39. The smallest absolute Gasteiger partial charge is 0.257 e. The van der Waals surface area contributed by atoms with Crippen molar-refractivity contribution in [1.29, 1.82) is 0 Å². The van der Waals surface area contributed by atoms with Gasteiger partial charge in [-0.25, -0.2) is 0 Å². The number of carbonyl (C=O) groups excluding carboxylic acids is 1. The molecule has 0 bridgehead atoms. The van der Waals surface area contributed by atoms with Gasteiger partial charge >= 0.3 is 0 Å². The van der Waals surface area contributed by atoms with E-state index in [2.05, 4.69) is 15.5 Å². The molecule has 1 aromatic heterocycles. The highest BCUT2D eigenvalue weighted by Gasteiger charge is 2.27. The van der Waals surface area contributed by atoms with E-state index in [1.54, 1.807) is 24.3 Å². The lowest BCUT2D eigenvalue weighted by molar-refractivity contribution is 0.102. The summed E-state index contributed by atoms with van der Waals surface area (Å²) in [6.07, 6.45) is 2.35. The molecule has 6 heteroatoms. The number of amides is 1. The summed E-state index contributed by atoms with van der Waals surface area (Å²) in [7, 11) is 0. The maximum Gasteiger partial charge on any atom is 0.257 e. The quantitative estimate of drug-likeness (QED) is 0.938. The van der Waals surface area contributed by atoms with Crippen molar-refractivity contribution in [3.05, 3.63) is 39.9 Å². The van der Waals surface area contributed by atoms with Crippen LogP contribution in [0.4, 0.5) is 5.13 Å². The van der Waals surface area contributed by atoms with E-state index in [4.69, 9.17) is 11.6 Å². The SMILES string of the molecule is O=C(Nc1nnc(C2CC2)s1)c1cccc(Cl)c1. The van der Waals surface area contributed by atoms with Crippen molar-refractivity contribution in [2.75, 3.05) is 5.32 Å². The Labute approximate surface area is 113 Å². The van der Waals surface area contributed by atoms with Crippen LogP contribution in [0, 0.1) is 0 Å². The molecular formula is C12H10ClN3OS. The molecule has 18 heavy (non-hydrogen) atoms. The lowest BCUT2D eigenvalue weighted by Crippen LogP contribution is -2.11.